The van der Waals surface area contributed by atoms with Crippen LogP contribution in [0.15, 0.2) is 53.1 Å². The fourth-order valence-corrected chi connectivity index (χ4v) is 2.76. The van der Waals surface area contributed by atoms with Gasteiger partial charge >= 0.3 is 0 Å². The molecule has 1 aliphatic heterocycles. The largest absolute Gasteiger partial charge is 0.497 e. The van der Waals surface area contributed by atoms with Gasteiger partial charge in [-0.1, -0.05) is 0 Å². The van der Waals surface area contributed by atoms with Crippen LogP contribution in [-0.4, -0.2) is 37.6 Å². The Labute approximate surface area is 166 Å². The first-order chi connectivity index (χ1) is 14.0. The molecule has 9 heteroatoms. The maximum Gasteiger partial charge on any atom is 0.284 e. The molecule has 0 aromatic heterocycles. The summed E-state index contributed by atoms with van der Waals surface area (Å²) in [6, 6.07) is 10.7. The lowest BCUT2D eigenvalue weighted by Gasteiger charge is -2.11. The number of rotatable bonds is 6. The Morgan fingerprint density at radius 1 is 1.14 bits per heavy atom. The van der Waals surface area contributed by atoms with E-state index in [0.29, 0.717) is 29.4 Å². The molecule has 0 radical (unpaired) electrons. The third kappa shape index (κ3) is 4.03. The maximum atomic E-state index is 13.0. The number of amides is 1. The van der Waals surface area contributed by atoms with E-state index in [-0.39, 0.29) is 17.2 Å². The van der Waals surface area contributed by atoms with Crippen molar-refractivity contribution in [3.63, 3.8) is 0 Å². The van der Waals surface area contributed by atoms with Crippen molar-refractivity contribution in [2.24, 2.45) is 5.10 Å². The van der Waals surface area contributed by atoms with E-state index in [1.807, 2.05) is 0 Å². The number of carbonyl (C=O) groups excluding carboxylic acids is 1. The highest BCUT2D eigenvalue weighted by molar-refractivity contribution is 6.30. The molecule has 1 aliphatic rings. The number of non-ortho nitro benzene ring substituents is 1. The van der Waals surface area contributed by atoms with Gasteiger partial charge in [-0.2, -0.15) is 5.01 Å². The topological polar surface area (TPSA) is 104 Å². The summed E-state index contributed by atoms with van der Waals surface area (Å²) in [5.41, 5.74) is 1.16. The van der Waals surface area contributed by atoms with Crippen LogP contribution in [0.1, 0.15) is 12.5 Å². The van der Waals surface area contributed by atoms with Crippen molar-refractivity contribution < 1.29 is 23.9 Å². The molecule has 0 unspecified atom stereocenters. The quantitative estimate of drug-likeness (QED) is 0.420. The molecule has 9 nitrogen and oxygen atoms in total. The Kier molecular flexibility index (Phi) is 5.77. The van der Waals surface area contributed by atoms with E-state index in [1.165, 1.54) is 31.4 Å². The van der Waals surface area contributed by atoms with Gasteiger partial charge < -0.3 is 14.2 Å². The average molecular weight is 397 g/mol. The van der Waals surface area contributed by atoms with Crippen molar-refractivity contribution in [3.8, 4) is 11.5 Å². The molecule has 0 saturated carbocycles. The molecule has 150 valence electrons. The van der Waals surface area contributed by atoms with Gasteiger partial charge in [-0.15, -0.1) is 5.10 Å². The lowest BCUT2D eigenvalue weighted by molar-refractivity contribution is -0.384. The molecule has 29 heavy (non-hydrogen) atoms. The third-order valence-electron chi connectivity index (χ3n) is 4.17. The van der Waals surface area contributed by atoms with Crippen LogP contribution >= 0.6 is 0 Å². The summed E-state index contributed by atoms with van der Waals surface area (Å²) in [5, 5.41) is 16.2. The molecule has 0 bridgehead atoms. The Hall–Kier alpha value is -3.88. The van der Waals surface area contributed by atoms with Gasteiger partial charge in [0.05, 0.1) is 31.4 Å². The molecule has 1 heterocycles. The summed E-state index contributed by atoms with van der Waals surface area (Å²) in [7, 11) is 3.07. The Morgan fingerprint density at radius 2 is 1.86 bits per heavy atom. The molecule has 2 aromatic carbocycles. The third-order valence-corrected chi connectivity index (χ3v) is 4.17. The molecule has 2 aromatic rings. The fraction of sp³-hybridized carbons (Fsp3) is 0.200. The van der Waals surface area contributed by atoms with Crippen molar-refractivity contribution in [1.29, 1.82) is 0 Å². The van der Waals surface area contributed by atoms with Gasteiger partial charge in [-0.05, 0) is 43.3 Å². The Morgan fingerprint density at radius 3 is 2.45 bits per heavy atom. The molecule has 0 fully saturated rings. The number of ether oxygens (including phenoxy) is 3. The van der Waals surface area contributed by atoms with Gasteiger partial charge in [-0.25, -0.2) is 0 Å². The number of hydrazone groups is 1. The SMILES string of the molecule is CCOC1=NN(c2ccc([N+](=O)[O-])cc2)C(=O)/C1=C\c1cc(OC)ccc1OC. The lowest BCUT2D eigenvalue weighted by atomic mass is 10.1. The van der Waals surface area contributed by atoms with Crippen LogP contribution in [0.3, 0.4) is 0 Å². The summed E-state index contributed by atoms with van der Waals surface area (Å²) in [5.74, 6) is 0.883. The highest BCUT2D eigenvalue weighted by atomic mass is 16.6. The first-order valence-electron chi connectivity index (χ1n) is 8.73. The van der Waals surface area contributed by atoms with Gasteiger partial charge in [-0.3, -0.25) is 14.9 Å². The number of nitro benzene ring substituents is 1. The number of anilines is 1. The van der Waals surface area contributed by atoms with Crippen molar-refractivity contribution in [1.82, 2.24) is 0 Å². The second kappa shape index (κ2) is 8.42. The number of nitro groups is 1. The van der Waals surface area contributed by atoms with E-state index >= 15 is 0 Å². The molecule has 0 aliphatic carbocycles. The fourth-order valence-electron chi connectivity index (χ4n) is 2.76. The van der Waals surface area contributed by atoms with Crippen LogP contribution in [0, 0.1) is 10.1 Å². The van der Waals surface area contributed by atoms with E-state index in [2.05, 4.69) is 5.10 Å². The highest BCUT2D eigenvalue weighted by Crippen LogP contribution is 2.30. The smallest absolute Gasteiger partial charge is 0.284 e. The second-order valence-electron chi connectivity index (χ2n) is 5.89. The lowest BCUT2D eigenvalue weighted by Crippen LogP contribution is -2.21. The van der Waals surface area contributed by atoms with E-state index in [1.54, 1.807) is 38.3 Å². The molecule has 3 rings (SSSR count). The number of methoxy groups -OCH3 is 2. The standard InChI is InChI=1S/C20H19N3O6/c1-4-29-19-17(12-13-11-16(27-2)9-10-18(13)28-3)20(24)22(21-19)14-5-7-15(8-6-14)23(25)26/h5-12H,4H2,1-3H3/b17-12-. The minimum atomic E-state index is -0.509. The zero-order chi connectivity index (χ0) is 21.0. The molecule has 0 spiro atoms. The van der Waals surface area contributed by atoms with Gasteiger partial charge in [0.25, 0.3) is 11.6 Å². The van der Waals surface area contributed by atoms with Crippen LogP contribution in [0.25, 0.3) is 6.08 Å². The summed E-state index contributed by atoms with van der Waals surface area (Å²) < 4.78 is 16.1. The van der Waals surface area contributed by atoms with E-state index in [9.17, 15) is 14.9 Å². The predicted octanol–water partition coefficient (Wildman–Crippen LogP) is 3.39. The van der Waals surface area contributed by atoms with Crippen molar-refractivity contribution in [2.45, 2.75) is 6.92 Å². The highest BCUT2D eigenvalue weighted by Gasteiger charge is 2.33. The van der Waals surface area contributed by atoms with E-state index in [4.69, 9.17) is 14.2 Å². The van der Waals surface area contributed by atoms with Crippen LogP contribution in [0.2, 0.25) is 0 Å². The number of hydrogen-bond donors (Lipinski definition) is 0. The molecule has 0 atom stereocenters. The zero-order valence-corrected chi connectivity index (χ0v) is 16.1. The summed E-state index contributed by atoms with van der Waals surface area (Å²) in [6.07, 6.45) is 1.61. The van der Waals surface area contributed by atoms with Gasteiger partial charge in [0.2, 0.25) is 5.90 Å². The van der Waals surface area contributed by atoms with Crippen LogP contribution in [-0.2, 0) is 9.53 Å². The van der Waals surface area contributed by atoms with Gasteiger partial charge in [0.15, 0.2) is 0 Å². The van der Waals surface area contributed by atoms with Crippen LogP contribution in [0.5, 0.6) is 11.5 Å². The minimum Gasteiger partial charge on any atom is -0.497 e. The van der Waals surface area contributed by atoms with Gasteiger partial charge in [0, 0.05) is 17.7 Å². The van der Waals surface area contributed by atoms with Gasteiger partial charge in [0.1, 0.15) is 17.1 Å². The van der Waals surface area contributed by atoms with Crippen LogP contribution in [0.4, 0.5) is 11.4 Å². The van der Waals surface area contributed by atoms with Crippen molar-refractivity contribution >= 4 is 29.3 Å². The first kappa shape index (κ1) is 19.9. The summed E-state index contributed by atoms with van der Waals surface area (Å²) in [6.45, 7) is 2.10. The predicted molar refractivity (Wildman–Crippen MR) is 107 cm³/mol. The van der Waals surface area contributed by atoms with E-state index < -0.39 is 10.8 Å². The number of nitrogens with zero attached hydrogens (tertiary/aromatic N) is 3. The monoisotopic (exact) mass is 397 g/mol. The molecular weight excluding hydrogens is 378 g/mol. The van der Waals surface area contributed by atoms with E-state index in [0.717, 1.165) is 5.01 Å². The normalized spacial score (nSPS) is 14.7. The molecular formula is C20H19N3O6. The van der Waals surface area contributed by atoms with Crippen molar-refractivity contribution in [3.05, 3.63) is 63.7 Å². The van der Waals surface area contributed by atoms with Crippen molar-refractivity contribution in [2.75, 3.05) is 25.8 Å². The minimum absolute atomic E-state index is 0.0775. The first-order valence-corrected chi connectivity index (χ1v) is 8.73. The summed E-state index contributed by atoms with van der Waals surface area (Å²) in [4.78, 5) is 23.4. The molecule has 1 amide bonds. The number of hydrogen-bond acceptors (Lipinski definition) is 7. The Balaban J connectivity index is 2.02. The number of carbonyl (C=O) groups is 1. The van der Waals surface area contributed by atoms with Crippen LogP contribution < -0.4 is 14.5 Å². The molecule has 0 N–H and O–H groups in total. The summed E-state index contributed by atoms with van der Waals surface area (Å²) >= 11 is 0. The maximum absolute atomic E-state index is 13.0. The second-order valence-corrected chi connectivity index (χ2v) is 5.89. The zero-order valence-electron chi connectivity index (χ0n) is 16.1. The Bertz CT molecular complexity index is 998. The molecule has 0 saturated heterocycles. The average Bonchev–Trinajstić information content (AvgIpc) is 3.03. The number of benzene rings is 2.